The predicted molar refractivity (Wildman–Crippen MR) is 338 cm³/mol. The van der Waals surface area contributed by atoms with E-state index in [1.807, 2.05) is 0 Å². The van der Waals surface area contributed by atoms with Crippen molar-refractivity contribution in [3.05, 3.63) is 0 Å². The van der Waals surface area contributed by atoms with Crippen molar-refractivity contribution in [1.82, 2.24) is 0 Å². The minimum atomic E-state index is -8.40. The van der Waals surface area contributed by atoms with Gasteiger partial charge in [0.1, 0.15) is 0 Å². The topological polar surface area (TPSA) is 520 Å². The first-order chi connectivity index (χ1) is 39.2. The summed E-state index contributed by atoms with van der Waals surface area (Å²) in [6, 6.07) is 0. The first kappa shape index (κ1) is 80.8. The molecule has 11 bridgehead atoms. The van der Waals surface area contributed by atoms with Crippen LogP contribution < -0.4 is 0 Å². The third-order valence-corrected chi connectivity index (χ3v) is 81.7. The molecule has 0 saturated carbocycles. The van der Waals surface area contributed by atoms with E-state index in [0.29, 0.717) is 0 Å². The quantitative estimate of drug-likeness (QED) is 0.0412. The fourth-order valence-corrected chi connectivity index (χ4v) is 99.7. The summed E-state index contributed by atoms with van der Waals surface area (Å²) >= 11 is 0. The van der Waals surface area contributed by atoms with E-state index in [0.717, 1.165) is 157 Å². The molecule has 66 heteroatoms. The van der Waals surface area contributed by atoms with E-state index in [9.17, 15) is 57.5 Å². The van der Waals surface area contributed by atoms with Crippen LogP contribution in [-0.4, -0.2) is 269 Å². The van der Waals surface area contributed by atoms with Crippen LogP contribution in [0.15, 0.2) is 0 Å². The van der Waals surface area contributed by atoms with E-state index in [1.54, 1.807) is 0 Å². The number of fused-ring (bicyclic) bond motifs is 10. The van der Waals surface area contributed by atoms with Gasteiger partial charge in [0.05, 0.1) is 0 Å². The Balaban J connectivity index is 1.99. The Kier molecular flexibility index (Phi) is 21.8. The van der Waals surface area contributed by atoms with Crippen molar-refractivity contribution >= 4 is 211 Å². The molecule has 6 aliphatic heterocycles. The van der Waals surface area contributed by atoms with Crippen molar-refractivity contribution in [2.45, 2.75) is 157 Å². The SMILES string of the molecule is C[Si](C)(O)O[Si]1O[Si]2(O[Si](C)(C)O)O[Si]3(O[Si](C)(C)O)O[Si]4(O[Si](C)(C)O)O[Si]5(O[Si](C)(C)O)O[Si](O[Si](C)(C)O)(O3)O[Si]3(O[Si](C)(C)O)O[Si](O[Si](C)(C)O)(O5)O[Si]5(O[Si](C)(C)O)O[Si](O[Si](C)(C)O)(O[Si](O[Si](C)(C)O)(O2)O4)O[Si-](O[Si](C)(C)O)(O1)(O3)O5. The van der Waals surface area contributed by atoms with Gasteiger partial charge in [-0.2, -0.15) is 0 Å². The van der Waals surface area contributed by atoms with Crippen LogP contribution in [0.3, 0.4) is 0 Å². The summed E-state index contributed by atoms with van der Waals surface area (Å²) in [7, 11) is -138. The van der Waals surface area contributed by atoms with Gasteiger partial charge in [-0.25, -0.2) is 0 Å². The molecule has 10 unspecified atom stereocenters. The minimum absolute atomic E-state index is 1.03. The average molecular weight is 1720 g/mol. The number of rotatable bonds is 24. The predicted octanol–water partition coefficient (Wildman–Crippen LogP) is -3.86. The molecule has 90 heavy (non-hydrogen) atoms. The molecule has 6 aliphatic rings. The summed E-state index contributed by atoms with van der Waals surface area (Å²) in [5, 5.41) is 0. The third-order valence-electron chi connectivity index (χ3n) is 9.08. The third kappa shape index (κ3) is 21.8. The zero-order chi connectivity index (χ0) is 69.2. The fourth-order valence-electron chi connectivity index (χ4n) is 8.03. The van der Waals surface area contributed by atoms with Crippen molar-refractivity contribution < 1.29 is 181 Å². The van der Waals surface area contributed by atoms with Gasteiger partial charge in [0.25, 0.3) is 0 Å². The number of hydrogen-bond donors (Lipinski definition) is 12. The Bertz CT molecular complexity index is 2550. The van der Waals surface area contributed by atoms with Crippen molar-refractivity contribution in [2.75, 3.05) is 0 Å². The Morgan fingerprint density at radius 2 is 0.400 bits per heavy atom. The number of hydrogen-bond acceptors (Lipinski definition) is 42. The van der Waals surface area contributed by atoms with Gasteiger partial charge in [0.2, 0.25) is 0 Å². The van der Waals surface area contributed by atoms with Crippen LogP contribution in [0.1, 0.15) is 0 Å². The van der Waals surface area contributed by atoms with Crippen molar-refractivity contribution in [2.24, 2.45) is 0 Å². The molecule has 0 amide bonds. The summed E-state index contributed by atoms with van der Waals surface area (Å²) in [4.78, 5) is 149. The summed E-state index contributed by atoms with van der Waals surface area (Å²) in [6.07, 6.45) is 0. The van der Waals surface area contributed by atoms with Crippen molar-refractivity contribution in [3.8, 4) is 0 Å². The zero-order valence-corrected chi connectivity index (χ0v) is 77.6. The van der Waals surface area contributed by atoms with Gasteiger partial charge in [0.15, 0.2) is 0 Å². The Hall–Kier alpha value is 3.53. The summed E-state index contributed by atoms with van der Waals surface area (Å²) in [5.74, 6) is 0. The molecule has 0 aliphatic carbocycles. The molecule has 6 heterocycles. The second-order valence-electron chi connectivity index (χ2n) is 26.5. The van der Waals surface area contributed by atoms with Gasteiger partial charge in [-0.3, -0.25) is 0 Å². The molecule has 42 nitrogen and oxygen atoms in total. The van der Waals surface area contributed by atoms with Gasteiger partial charge >= 0.3 is 549 Å². The monoisotopic (exact) mass is 1720 g/mol. The van der Waals surface area contributed by atoms with Crippen LogP contribution in [0, 0.1) is 0 Å². The summed E-state index contributed by atoms with van der Waals surface area (Å²) < 4.78 is 205. The van der Waals surface area contributed by atoms with Gasteiger partial charge in [-0.1, -0.05) is 0 Å². The van der Waals surface area contributed by atoms with Crippen LogP contribution >= 0.6 is 0 Å². The molecule has 1 radical (unpaired) electrons. The summed E-state index contributed by atoms with van der Waals surface area (Å²) in [5.41, 5.74) is 0. The van der Waals surface area contributed by atoms with Crippen molar-refractivity contribution in [3.63, 3.8) is 0 Å². The second-order valence-corrected chi connectivity index (χ2v) is 97.9. The second kappa shape index (κ2) is 24.3. The van der Waals surface area contributed by atoms with Gasteiger partial charge in [-0.05, 0) is 0 Å². The molecule has 12 N–H and O–H groups in total. The molecule has 0 aromatic carbocycles. The maximum absolute atomic E-state index is 12.7. The molecule has 529 valence electrons. The molecule has 6 saturated heterocycles. The molecule has 10 atom stereocenters. The molecular formula is C24H84O42Si24-. The van der Waals surface area contributed by atoms with E-state index in [-0.39, 0.29) is 0 Å². The van der Waals surface area contributed by atoms with E-state index in [1.165, 1.54) is 0 Å². The normalized spacial score (nSPS) is 38.2. The van der Waals surface area contributed by atoms with E-state index in [4.69, 9.17) is 123 Å². The zero-order valence-electron chi connectivity index (χ0n) is 53.6. The molecule has 1 spiro atoms. The fraction of sp³-hybridized carbons (Fsp3) is 1.00. The van der Waals surface area contributed by atoms with Gasteiger partial charge in [0, 0.05) is 0 Å². The average Bonchev–Trinajstić information content (AvgIpc) is 0.667. The maximum atomic E-state index is 12.7. The van der Waals surface area contributed by atoms with Crippen LogP contribution in [0.25, 0.3) is 0 Å². The molecule has 0 aromatic rings. The molecule has 0 aromatic heterocycles. The summed E-state index contributed by atoms with van der Waals surface area (Å²) in [6.45, 7) is 26.0. The first-order valence-corrected chi connectivity index (χ1v) is 80.8. The van der Waals surface area contributed by atoms with Gasteiger partial charge < -0.3 is 0 Å². The first-order valence-electron chi connectivity index (χ1n) is 26.9. The Morgan fingerprint density at radius 3 is 0.589 bits per heavy atom. The Morgan fingerprint density at radius 1 is 0.233 bits per heavy atom. The van der Waals surface area contributed by atoms with Crippen LogP contribution in [0.5, 0.6) is 0 Å². The molecule has 6 fully saturated rings. The van der Waals surface area contributed by atoms with Crippen LogP contribution in [0.4, 0.5) is 0 Å². The van der Waals surface area contributed by atoms with Crippen LogP contribution in [0.2, 0.25) is 157 Å². The van der Waals surface area contributed by atoms with Crippen LogP contribution in [-0.2, 0) is 123 Å². The van der Waals surface area contributed by atoms with E-state index >= 15 is 0 Å². The molecule has 6 rings (SSSR count). The van der Waals surface area contributed by atoms with E-state index < -0.39 is 211 Å². The van der Waals surface area contributed by atoms with E-state index in [2.05, 4.69) is 0 Å². The standard InChI is InChI=1S/C24H84O42Si24/c1-68(2,25)37-67-38-80(40-69(3,4)26)50-81(41-70(5,6)27)52-83(43-72(9,10)29)54-82(51-80,42-71(7,8)28)58-88(48-77(19,20)34)62-89(49-78(21,22)35)61-86(46-75(15,16)32)57-84(55-83,44-73(11,12)30)56-85(53-81,45-74(13,14)31)59-87(60-86,47-76(17,18)33)64-90(39-67,65-88,66-89)63-79(23,24)36/h25-36H,1-24H3/q-1. The molecular weight excluding hydrogens is 1630 g/mol. The van der Waals surface area contributed by atoms with Crippen molar-refractivity contribution in [1.29, 1.82) is 0 Å². The Labute approximate surface area is 545 Å². The van der Waals surface area contributed by atoms with Gasteiger partial charge in [-0.15, -0.1) is 0 Å².